The molecule has 2 rings (SSSR count). The van der Waals surface area contributed by atoms with E-state index in [0.29, 0.717) is 25.4 Å². The van der Waals surface area contributed by atoms with Gasteiger partial charge in [0.05, 0.1) is 13.0 Å². The minimum atomic E-state index is -0.868. The van der Waals surface area contributed by atoms with Gasteiger partial charge in [-0.05, 0) is 36.0 Å². The molecule has 1 aliphatic rings. The summed E-state index contributed by atoms with van der Waals surface area (Å²) in [5, 5.41) is 2.75. The van der Waals surface area contributed by atoms with E-state index in [9.17, 15) is 14.4 Å². The first-order chi connectivity index (χ1) is 18.3. The highest BCUT2D eigenvalue weighted by Gasteiger charge is 2.35. The van der Waals surface area contributed by atoms with Crippen LogP contribution in [0.3, 0.4) is 0 Å². The summed E-state index contributed by atoms with van der Waals surface area (Å²) in [4.78, 5) is 39.3. The van der Waals surface area contributed by atoms with Gasteiger partial charge in [-0.1, -0.05) is 97.6 Å². The summed E-state index contributed by atoms with van der Waals surface area (Å²) in [5.74, 6) is -0.490. The Morgan fingerprint density at radius 1 is 0.947 bits per heavy atom. The van der Waals surface area contributed by atoms with Gasteiger partial charge in [0.25, 0.3) is 5.91 Å². The minimum absolute atomic E-state index is 0.0743. The van der Waals surface area contributed by atoms with Gasteiger partial charge in [-0.25, -0.2) is 0 Å². The topological polar surface area (TPSA) is 84.9 Å². The predicted molar refractivity (Wildman–Crippen MR) is 151 cm³/mol. The molecule has 0 radical (unpaired) electrons. The van der Waals surface area contributed by atoms with E-state index in [-0.39, 0.29) is 30.3 Å². The summed E-state index contributed by atoms with van der Waals surface area (Å²) in [6, 6.07) is 6.90. The molecule has 0 aliphatic carbocycles. The molecule has 0 spiro atoms. The number of ether oxygens (including phenoxy) is 2. The second kappa shape index (κ2) is 17.1. The molecule has 38 heavy (non-hydrogen) atoms. The zero-order valence-corrected chi connectivity index (χ0v) is 24.2. The molecule has 0 bridgehead atoms. The van der Waals surface area contributed by atoms with Crippen LogP contribution < -0.4 is 10.1 Å². The van der Waals surface area contributed by atoms with Crippen LogP contribution in [0.15, 0.2) is 24.3 Å². The van der Waals surface area contributed by atoms with Crippen LogP contribution >= 0.6 is 0 Å². The molecule has 0 aromatic heterocycles. The maximum Gasteiger partial charge on any atom is 0.308 e. The van der Waals surface area contributed by atoms with Crippen LogP contribution in [0.25, 0.3) is 0 Å². The summed E-state index contributed by atoms with van der Waals surface area (Å²) in [6.07, 6.45) is 13.0. The number of rotatable bonds is 18. The number of carbonyl (C=O) groups is 3. The second-order valence-electron chi connectivity index (χ2n) is 11.1. The number of carbonyl (C=O) groups excluding carboxylic acids is 3. The lowest BCUT2D eigenvalue weighted by Crippen LogP contribution is -2.58. The third-order valence-corrected chi connectivity index (χ3v) is 7.65. The number of hydrogen-bond donors (Lipinski definition) is 1. The molecular formula is C31H50N2O5. The van der Waals surface area contributed by atoms with E-state index in [0.717, 1.165) is 25.7 Å². The highest BCUT2D eigenvalue weighted by Crippen LogP contribution is 2.28. The molecule has 1 aromatic rings. The standard InChI is InChI=1S/C31H50N2O5/c1-5-7-8-9-10-11-12-13-14-15-22-37-29(35)23-27-30(36)32-20-21-33(27)28(34)24-38-26-18-16-25(17-19-26)31(3,4)6-2/h16-19,27H,5-15,20-24H2,1-4H3,(H,32,36). The van der Waals surface area contributed by atoms with E-state index in [1.165, 1.54) is 55.4 Å². The Morgan fingerprint density at radius 3 is 2.16 bits per heavy atom. The highest BCUT2D eigenvalue weighted by atomic mass is 16.5. The molecule has 214 valence electrons. The smallest absolute Gasteiger partial charge is 0.308 e. The van der Waals surface area contributed by atoms with Crippen molar-refractivity contribution in [3.05, 3.63) is 29.8 Å². The Labute approximate surface area is 230 Å². The Bertz CT molecular complexity index is 852. The molecule has 1 aliphatic heterocycles. The molecule has 7 heteroatoms. The van der Waals surface area contributed by atoms with Crippen molar-refractivity contribution in [2.45, 2.75) is 116 Å². The lowest BCUT2D eigenvalue weighted by atomic mass is 9.82. The molecule has 1 aromatic carbocycles. The summed E-state index contributed by atoms with van der Waals surface area (Å²) < 4.78 is 11.1. The molecule has 0 saturated carbocycles. The Balaban J connectivity index is 1.71. The van der Waals surface area contributed by atoms with Crippen LogP contribution in [-0.4, -0.2) is 55.0 Å². The maximum atomic E-state index is 12.9. The summed E-state index contributed by atoms with van der Waals surface area (Å²) >= 11 is 0. The highest BCUT2D eigenvalue weighted by molar-refractivity contribution is 5.92. The van der Waals surface area contributed by atoms with Gasteiger partial charge in [-0.15, -0.1) is 0 Å². The Morgan fingerprint density at radius 2 is 1.55 bits per heavy atom. The zero-order valence-electron chi connectivity index (χ0n) is 24.2. The van der Waals surface area contributed by atoms with Gasteiger partial charge in [0, 0.05) is 13.1 Å². The zero-order chi connectivity index (χ0) is 27.8. The molecule has 1 atom stereocenters. The van der Waals surface area contributed by atoms with Crippen molar-refractivity contribution in [3.8, 4) is 5.75 Å². The molecule has 1 heterocycles. The second-order valence-corrected chi connectivity index (χ2v) is 11.1. The quantitative estimate of drug-likeness (QED) is 0.188. The van der Waals surface area contributed by atoms with Crippen LogP contribution in [0.2, 0.25) is 0 Å². The normalized spacial score (nSPS) is 15.7. The third kappa shape index (κ3) is 11.0. The van der Waals surface area contributed by atoms with Gasteiger partial charge in [0.15, 0.2) is 6.61 Å². The lowest BCUT2D eigenvalue weighted by molar-refractivity contribution is -0.152. The van der Waals surface area contributed by atoms with Crippen molar-refractivity contribution in [1.29, 1.82) is 0 Å². The van der Waals surface area contributed by atoms with Crippen molar-refractivity contribution in [1.82, 2.24) is 10.2 Å². The van der Waals surface area contributed by atoms with E-state index in [2.05, 4.69) is 33.0 Å². The number of piperazine rings is 1. The van der Waals surface area contributed by atoms with Crippen molar-refractivity contribution in [3.63, 3.8) is 0 Å². The van der Waals surface area contributed by atoms with Gasteiger partial charge in [0.2, 0.25) is 5.91 Å². The van der Waals surface area contributed by atoms with Crippen LogP contribution in [-0.2, 0) is 24.5 Å². The number of nitrogens with one attached hydrogen (secondary N) is 1. The van der Waals surface area contributed by atoms with Crippen LogP contribution in [0.4, 0.5) is 0 Å². The van der Waals surface area contributed by atoms with Gasteiger partial charge >= 0.3 is 5.97 Å². The maximum absolute atomic E-state index is 12.9. The average molecular weight is 531 g/mol. The van der Waals surface area contributed by atoms with Gasteiger partial charge in [-0.3, -0.25) is 14.4 Å². The van der Waals surface area contributed by atoms with Crippen molar-refractivity contribution in [2.75, 3.05) is 26.3 Å². The Kier molecular flexibility index (Phi) is 14.2. The van der Waals surface area contributed by atoms with Gasteiger partial charge in [-0.2, -0.15) is 0 Å². The number of hydrogen-bond acceptors (Lipinski definition) is 5. The molecule has 1 unspecified atom stereocenters. The fourth-order valence-electron chi connectivity index (χ4n) is 4.64. The van der Waals surface area contributed by atoms with Crippen molar-refractivity contribution >= 4 is 17.8 Å². The molecular weight excluding hydrogens is 480 g/mol. The lowest BCUT2D eigenvalue weighted by Gasteiger charge is -2.34. The average Bonchev–Trinajstić information content (AvgIpc) is 2.91. The number of nitrogens with zero attached hydrogens (tertiary/aromatic N) is 1. The van der Waals surface area contributed by atoms with Crippen LogP contribution in [0, 0.1) is 0 Å². The number of benzene rings is 1. The van der Waals surface area contributed by atoms with E-state index >= 15 is 0 Å². The number of unbranched alkanes of at least 4 members (excludes halogenated alkanes) is 9. The fourth-order valence-corrected chi connectivity index (χ4v) is 4.64. The summed E-state index contributed by atoms with van der Waals surface area (Å²) in [7, 11) is 0. The first kappa shape index (κ1) is 31.6. The largest absolute Gasteiger partial charge is 0.484 e. The monoisotopic (exact) mass is 530 g/mol. The SMILES string of the molecule is CCCCCCCCCCCCOC(=O)CC1C(=O)NCCN1C(=O)COc1ccc(C(C)(C)CC)cc1. The number of amides is 2. The summed E-state index contributed by atoms with van der Waals surface area (Å²) in [5.41, 5.74) is 1.29. The van der Waals surface area contributed by atoms with Crippen molar-refractivity contribution < 1.29 is 23.9 Å². The molecule has 1 N–H and O–H groups in total. The molecule has 1 fully saturated rings. The van der Waals surface area contributed by atoms with E-state index < -0.39 is 12.0 Å². The van der Waals surface area contributed by atoms with Crippen LogP contribution in [0.1, 0.15) is 110 Å². The fraction of sp³-hybridized carbons (Fsp3) is 0.710. The molecule has 2 amide bonds. The predicted octanol–water partition coefficient (Wildman–Crippen LogP) is 5.93. The molecule has 1 saturated heterocycles. The first-order valence-corrected chi connectivity index (χ1v) is 14.7. The molecule has 7 nitrogen and oxygen atoms in total. The third-order valence-electron chi connectivity index (χ3n) is 7.65. The summed E-state index contributed by atoms with van der Waals surface area (Å²) in [6.45, 7) is 9.63. The minimum Gasteiger partial charge on any atom is -0.484 e. The Hall–Kier alpha value is -2.57. The van der Waals surface area contributed by atoms with E-state index in [1.54, 1.807) is 0 Å². The van der Waals surface area contributed by atoms with Crippen molar-refractivity contribution in [2.24, 2.45) is 0 Å². The number of esters is 1. The van der Waals surface area contributed by atoms with Gasteiger partial charge in [0.1, 0.15) is 11.8 Å². The van der Waals surface area contributed by atoms with Gasteiger partial charge < -0.3 is 19.7 Å². The van der Waals surface area contributed by atoms with Crippen LogP contribution in [0.5, 0.6) is 5.75 Å². The van der Waals surface area contributed by atoms with E-state index in [1.807, 2.05) is 24.3 Å². The first-order valence-electron chi connectivity index (χ1n) is 14.7. The van der Waals surface area contributed by atoms with E-state index in [4.69, 9.17) is 9.47 Å².